The molecule has 21 heavy (non-hydrogen) atoms. The minimum atomic E-state index is -0.741. The molecule has 0 spiro atoms. The van der Waals surface area contributed by atoms with Gasteiger partial charge in [0, 0.05) is 11.8 Å². The van der Waals surface area contributed by atoms with Gasteiger partial charge >= 0.3 is 0 Å². The van der Waals surface area contributed by atoms with E-state index in [0.717, 1.165) is 5.56 Å². The fourth-order valence-electron chi connectivity index (χ4n) is 1.81. The highest BCUT2D eigenvalue weighted by Gasteiger charge is 2.15. The summed E-state index contributed by atoms with van der Waals surface area (Å²) in [4.78, 5) is 12.1. The standard InChI is InChI=1S/C16H15N3O2/c17-9-10-21-14-8-4-7-13(11-14)19-16(20)15(18)12-5-2-1-3-6-12/h1-8,11,15H,10,18H2,(H,19,20)/t15-/m0/s1. The molecule has 3 N–H and O–H groups in total. The molecular formula is C16H15N3O2. The highest BCUT2D eigenvalue weighted by molar-refractivity contribution is 5.95. The van der Waals surface area contributed by atoms with Crippen LogP contribution in [0, 0.1) is 11.3 Å². The lowest BCUT2D eigenvalue weighted by molar-refractivity contribution is -0.117. The summed E-state index contributed by atoms with van der Waals surface area (Å²) >= 11 is 0. The van der Waals surface area contributed by atoms with Gasteiger partial charge in [0.15, 0.2) is 6.61 Å². The van der Waals surface area contributed by atoms with Crippen LogP contribution in [0.3, 0.4) is 0 Å². The molecule has 0 saturated heterocycles. The number of hydrogen-bond donors (Lipinski definition) is 2. The minimum Gasteiger partial charge on any atom is -0.479 e. The Labute approximate surface area is 123 Å². The van der Waals surface area contributed by atoms with Gasteiger partial charge in [-0.15, -0.1) is 0 Å². The highest BCUT2D eigenvalue weighted by Crippen LogP contribution is 2.19. The first-order chi connectivity index (χ1) is 10.2. The maximum Gasteiger partial charge on any atom is 0.245 e. The normalized spacial score (nSPS) is 11.2. The van der Waals surface area contributed by atoms with E-state index >= 15 is 0 Å². The van der Waals surface area contributed by atoms with E-state index in [9.17, 15) is 4.79 Å². The fraction of sp³-hybridized carbons (Fsp3) is 0.125. The third-order valence-electron chi connectivity index (χ3n) is 2.85. The molecule has 2 aromatic rings. The molecule has 1 atom stereocenters. The Morgan fingerprint density at radius 3 is 2.71 bits per heavy atom. The number of carbonyl (C=O) groups is 1. The second-order valence-electron chi connectivity index (χ2n) is 4.35. The number of anilines is 1. The first-order valence-corrected chi connectivity index (χ1v) is 6.42. The number of nitrogens with two attached hydrogens (primary N) is 1. The van der Waals surface area contributed by atoms with Gasteiger partial charge in [0.1, 0.15) is 17.9 Å². The van der Waals surface area contributed by atoms with Crippen LogP contribution in [0.2, 0.25) is 0 Å². The van der Waals surface area contributed by atoms with Crippen molar-refractivity contribution in [2.75, 3.05) is 11.9 Å². The fourth-order valence-corrected chi connectivity index (χ4v) is 1.81. The van der Waals surface area contributed by atoms with Gasteiger partial charge in [-0.25, -0.2) is 0 Å². The van der Waals surface area contributed by atoms with Crippen molar-refractivity contribution in [2.24, 2.45) is 5.73 Å². The zero-order chi connectivity index (χ0) is 15.1. The van der Waals surface area contributed by atoms with Crippen LogP contribution in [0.15, 0.2) is 54.6 Å². The minimum absolute atomic E-state index is 0.0407. The van der Waals surface area contributed by atoms with Crippen molar-refractivity contribution in [1.29, 1.82) is 5.26 Å². The van der Waals surface area contributed by atoms with Gasteiger partial charge in [-0.2, -0.15) is 5.26 Å². The Kier molecular flexibility index (Phi) is 4.91. The molecule has 2 rings (SSSR count). The number of benzene rings is 2. The average molecular weight is 281 g/mol. The van der Waals surface area contributed by atoms with Crippen LogP contribution >= 0.6 is 0 Å². The largest absolute Gasteiger partial charge is 0.479 e. The molecule has 1 amide bonds. The monoisotopic (exact) mass is 281 g/mol. The summed E-state index contributed by atoms with van der Waals surface area (Å²) in [5.41, 5.74) is 7.23. The molecule has 0 radical (unpaired) electrons. The molecule has 0 saturated carbocycles. The summed E-state index contributed by atoms with van der Waals surface area (Å²) in [6.45, 7) is -0.0407. The zero-order valence-corrected chi connectivity index (χ0v) is 11.3. The van der Waals surface area contributed by atoms with Crippen LogP contribution in [-0.4, -0.2) is 12.5 Å². The molecule has 0 aliphatic rings. The predicted molar refractivity (Wildman–Crippen MR) is 79.6 cm³/mol. The third kappa shape index (κ3) is 4.06. The second kappa shape index (κ2) is 7.08. The Hall–Kier alpha value is -2.84. The molecule has 106 valence electrons. The van der Waals surface area contributed by atoms with Crippen LogP contribution in [0.5, 0.6) is 5.75 Å². The van der Waals surface area contributed by atoms with E-state index in [1.54, 1.807) is 36.4 Å². The van der Waals surface area contributed by atoms with Gasteiger partial charge in [-0.05, 0) is 17.7 Å². The lowest BCUT2D eigenvalue weighted by Crippen LogP contribution is -2.27. The van der Waals surface area contributed by atoms with Gasteiger partial charge < -0.3 is 15.8 Å². The summed E-state index contributed by atoms with van der Waals surface area (Å²) in [6, 6.07) is 17.1. The molecule has 0 aromatic heterocycles. The molecule has 5 heteroatoms. The van der Waals surface area contributed by atoms with Gasteiger partial charge in [0.2, 0.25) is 5.91 Å². The van der Waals surface area contributed by atoms with Crippen LogP contribution in [0.25, 0.3) is 0 Å². The maximum atomic E-state index is 12.1. The van der Waals surface area contributed by atoms with E-state index in [2.05, 4.69) is 5.32 Å². The van der Waals surface area contributed by atoms with E-state index in [1.807, 2.05) is 24.3 Å². The number of nitriles is 1. The van der Waals surface area contributed by atoms with Crippen molar-refractivity contribution in [2.45, 2.75) is 6.04 Å². The summed E-state index contributed by atoms with van der Waals surface area (Å²) < 4.78 is 5.18. The van der Waals surface area contributed by atoms with Crippen LogP contribution in [0.1, 0.15) is 11.6 Å². The molecule has 0 aliphatic carbocycles. The molecule has 0 fully saturated rings. The molecule has 0 unspecified atom stereocenters. The Morgan fingerprint density at radius 1 is 1.24 bits per heavy atom. The number of carbonyl (C=O) groups excluding carboxylic acids is 1. The number of rotatable bonds is 5. The molecule has 0 aliphatic heterocycles. The Balaban J connectivity index is 2.04. The van der Waals surface area contributed by atoms with Crippen LogP contribution in [-0.2, 0) is 4.79 Å². The summed E-state index contributed by atoms with van der Waals surface area (Å²) in [5.74, 6) is 0.210. The SMILES string of the molecule is N#CCOc1cccc(NC(=O)[C@@H](N)c2ccccc2)c1. The second-order valence-corrected chi connectivity index (χ2v) is 4.35. The Morgan fingerprint density at radius 2 is 2.00 bits per heavy atom. The molecular weight excluding hydrogens is 266 g/mol. The molecule has 0 bridgehead atoms. The molecule has 2 aromatic carbocycles. The summed E-state index contributed by atoms with van der Waals surface area (Å²) in [5, 5.41) is 11.2. The number of amides is 1. The Bertz CT molecular complexity index is 650. The van der Waals surface area contributed by atoms with Crippen molar-refractivity contribution in [1.82, 2.24) is 0 Å². The van der Waals surface area contributed by atoms with Crippen molar-refractivity contribution in [3.05, 3.63) is 60.2 Å². The first kappa shape index (κ1) is 14.6. The number of hydrogen-bond acceptors (Lipinski definition) is 4. The lowest BCUT2D eigenvalue weighted by atomic mass is 10.1. The topological polar surface area (TPSA) is 88.1 Å². The number of nitrogens with zero attached hydrogens (tertiary/aromatic N) is 1. The first-order valence-electron chi connectivity index (χ1n) is 6.42. The molecule has 5 nitrogen and oxygen atoms in total. The lowest BCUT2D eigenvalue weighted by Gasteiger charge is -2.13. The van der Waals surface area contributed by atoms with E-state index in [4.69, 9.17) is 15.7 Å². The van der Waals surface area contributed by atoms with Gasteiger partial charge in [-0.1, -0.05) is 36.4 Å². The van der Waals surface area contributed by atoms with E-state index in [-0.39, 0.29) is 12.5 Å². The predicted octanol–water partition coefficient (Wildman–Crippen LogP) is 2.23. The van der Waals surface area contributed by atoms with E-state index in [1.165, 1.54) is 0 Å². The van der Waals surface area contributed by atoms with Gasteiger partial charge in [-0.3, -0.25) is 4.79 Å². The van der Waals surface area contributed by atoms with Crippen molar-refractivity contribution < 1.29 is 9.53 Å². The average Bonchev–Trinajstić information content (AvgIpc) is 2.53. The summed E-state index contributed by atoms with van der Waals surface area (Å²) in [7, 11) is 0. The zero-order valence-electron chi connectivity index (χ0n) is 11.3. The van der Waals surface area contributed by atoms with E-state index in [0.29, 0.717) is 11.4 Å². The quantitative estimate of drug-likeness (QED) is 0.879. The number of nitrogens with one attached hydrogen (secondary N) is 1. The maximum absolute atomic E-state index is 12.1. The molecule has 0 heterocycles. The van der Waals surface area contributed by atoms with Crippen LogP contribution < -0.4 is 15.8 Å². The van der Waals surface area contributed by atoms with Crippen molar-refractivity contribution >= 4 is 11.6 Å². The number of ether oxygens (including phenoxy) is 1. The van der Waals surface area contributed by atoms with E-state index < -0.39 is 6.04 Å². The van der Waals surface area contributed by atoms with Gasteiger partial charge in [0.25, 0.3) is 0 Å². The smallest absolute Gasteiger partial charge is 0.245 e. The van der Waals surface area contributed by atoms with Crippen LogP contribution in [0.4, 0.5) is 5.69 Å². The van der Waals surface area contributed by atoms with Crippen molar-refractivity contribution in [3.63, 3.8) is 0 Å². The third-order valence-corrected chi connectivity index (χ3v) is 2.85. The highest BCUT2D eigenvalue weighted by atomic mass is 16.5. The van der Waals surface area contributed by atoms with Gasteiger partial charge in [0.05, 0.1) is 0 Å². The summed E-state index contributed by atoms with van der Waals surface area (Å²) in [6.07, 6.45) is 0. The van der Waals surface area contributed by atoms with Crippen molar-refractivity contribution in [3.8, 4) is 11.8 Å².